The zero-order chi connectivity index (χ0) is 24.3. The Labute approximate surface area is 238 Å². The van der Waals surface area contributed by atoms with Gasteiger partial charge in [0.25, 0.3) is 0 Å². The lowest BCUT2D eigenvalue weighted by molar-refractivity contribution is -0.654. The minimum Gasteiger partial charge on any atom is -1.00 e. The summed E-state index contributed by atoms with van der Waals surface area (Å²) < 4.78 is 0. The number of nitrogens with zero attached hydrogens (tertiary/aromatic N) is 3. The molecule has 3 saturated heterocycles. The molecule has 0 unspecified atom stereocenters. The van der Waals surface area contributed by atoms with Gasteiger partial charge in [-0.25, -0.2) is 14.4 Å². The zero-order valence-corrected chi connectivity index (χ0v) is 23.3. The van der Waals surface area contributed by atoms with E-state index in [2.05, 4.69) is 21.3 Å². The van der Waals surface area contributed by atoms with Gasteiger partial charge in [-0.05, 0) is 19.3 Å². The molecule has 3 aliphatic heterocycles. The summed E-state index contributed by atoms with van der Waals surface area (Å²) in [7, 11) is 0. The fourth-order valence-electron chi connectivity index (χ4n) is 3.49. The Hall–Kier alpha value is -1.11. The van der Waals surface area contributed by atoms with E-state index in [4.69, 9.17) is 28.9 Å². The molecule has 0 aromatic heterocycles. The number of rotatable bonds is 12. The number of hydrogen-bond acceptors (Lipinski definition) is 4. The quantitative estimate of drug-likeness (QED) is 0.113. The molecule has 3 rings (SSSR count). The zero-order valence-electron chi connectivity index (χ0n) is 20.3. The van der Waals surface area contributed by atoms with Crippen molar-refractivity contribution >= 4 is 41.3 Å². The van der Waals surface area contributed by atoms with E-state index >= 15 is 0 Å². The molecule has 0 aromatic carbocycles. The monoisotopic (exact) mass is 597 g/mol. The van der Waals surface area contributed by atoms with Gasteiger partial charge in [0.15, 0.2) is 0 Å². The Kier molecular flexibility index (Phi) is 28.0. The number of halogens is 4. The van der Waals surface area contributed by atoms with Crippen LogP contribution in [0, 0.1) is 0 Å². The van der Waals surface area contributed by atoms with Crippen LogP contribution in [-0.4, -0.2) is 123 Å². The number of nitrogens with one attached hydrogen (secondary N) is 3. The minimum atomic E-state index is 0. The largest absolute Gasteiger partial charge is 1.00 e. The van der Waals surface area contributed by atoms with E-state index in [0.29, 0.717) is 24.8 Å². The number of amides is 6. The molecular weight excluding hydrogens is 554 g/mol. The lowest BCUT2D eigenvalue weighted by atomic mass is 10.2. The lowest BCUT2D eigenvalue weighted by Gasteiger charge is -2.14. The SMILES string of the molecule is C.ClCCCl.NCCN1CCNC1=O.O=C1NCCN1CCCCC[NH2+]CCN1CCNC1=O.[Cl-].[Cl-]. The molecular formula is C21H45Cl4N8O3-. The highest BCUT2D eigenvalue weighted by Gasteiger charge is 2.19. The summed E-state index contributed by atoms with van der Waals surface area (Å²) in [4.78, 5) is 38.8. The average Bonchev–Trinajstić information content (AvgIpc) is 3.54. The van der Waals surface area contributed by atoms with Gasteiger partial charge < -0.3 is 66.5 Å². The number of quaternary nitrogens is 1. The number of alkyl halides is 2. The summed E-state index contributed by atoms with van der Waals surface area (Å²) in [6, 6.07) is 0.170. The van der Waals surface area contributed by atoms with Gasteiger partial charge in [-0.1, -0.05) is 7.43 Å². The van der Waals surface area contributed by atoms with Crippen molar-refractivity contribution in [2.45, 2.75) is 26.7 Å². The van der Waals surface area contributed by atoms with E-state index < -0.39 is 0 Å². The molecule has 3 heterocycles. The van der Waals surface area contributed by atoms with Crippen LogP contribution < -0.4 is 51.8 Å². The molecule has 0 radical (unpaired) electrons. The van der Waals surface area contributed by atoms with Crippen LogP contribution in [0.2, 0.25) is 0 Å². The third-order valence-electron chi connectivity index (χ3n) is 5.25. The molecule has 7 N–H and O–H groups in total. The number of urea groups is 3. The fraction of sp³-hybridized carbons (Fsp3) is 0.857. The standard InChI is InChI=1S/C13H25N5O2.C5H11N3O.C2H4Cl2.CH4.2ClH/c19-12-15-6-10-17(12)8-3-1-2-4-14-5-9-18-11-7-16-13(18)20;6-1-3-8-4-2-7-5(8)9;3-1-2-4;;;/h14H,1-11H2,(H,15,19)(H,16,20);1-4,6H2,(H,7,9);1-2H2;1H4;2*1H/p-1. The second kappa shape index (κ2) is 25.5. The molecule has 36 heavy (non-hydrogen) atoms. The van der Waals surface area contributed by atoms with E-state index in [1.165, 1.54) is 6.42 Å². The summed E-state index contributed by atoms with van der Waals surface area (Å²) in [5.41, 5.74) is 5.25. The molecule has 15 heteroatoms. The molecule has 0 atom stereocenters. The summed E-state index contributed by atoms with van der Waals surface area (Å²) in [5.74, 6) is 1.11. The summed E-state index contributed by atoms with van der Waals surface area (Å²) in [6.07, 6.45) is 3.40. The fourth-order valence-corrected chi connectivity index (χ4v) is 3.49. The van der Waals surface area contributed by atoms with Crippen molar-refractivity contribution in [1.29, 1.82) is 0 Å². The highest BCUT2D eigenvalue weighted by molar-refractivity contribution is 6.25. The topological polar surface area (TPSA) is 140 Å². The summed E-state index contributed by atoms with van der Waals surface area (Å²) >= 11 is 10.1. The normalized spacial score (nSPS) is 15.8. The summed E-state index contributed by atoms with van der Waals surface area (Å²) in [5, 5.41) is 10.6. The van der Waals surface area contributed by atoms with Crippen LogP contribution in [-0.2, 0) is 0 Å². The molecule has 0 aromatic rings. The van der Waals surface area contributed by atoms with Crippen LogP contribution in [0.15, 0.2) is 0 Å². The van der Waals surface area contributed by atoms with Gasteiger partial charge in [-0.2, -0.15) is 0 Å². The Balaban J connectivity index is -0.000000574. The molecule has 11 nitrogen and oxygen atoms in total. The highest BCUT2D eigenvalue weighted by Crippen LogP contribution is 2.01. The van der Waals surface area contributed by atoms with Crippen molar-refractivity contribution < 1.29 is 44.5 Å². The molecule has 3 fully saturated rings. The Bertz CT molecular complexity index is 547. The average molecular weight is 599 g/mol. The van der Waals surface area contributed by atoms with Gasteiger partial charge in [-0.3, -0.25) is 0 Å². The van der Waals surface area contributed by atoms with Crippen molar-refractivity contribution in [2.75, 3.05) is 90.3 Å². The maximum Gasteiger partial charge on any atom is 0.317 e. The maximum absolute atomic E-state index is 11.3. The Morgan fingerprint density at radius 1 is 0.694 bits per heavy atom. The first kappa shape index (κ1) is 39.4. The first-order chi connectivity index (χ1) is 16.0. The van der Waals surface area contributed by atoms with Crippen molar-refractivity contribution in [3.8, 4) is 0 Å². The van der Waals surface area contributed by atoms with Crippen molar-refractivity contribution in [2.24, 2.45) is 5.73 Å². The van der Waals surface area contributed by atoms with Gasteiger partial charge in [0, 0.05) is 70.7 Å². The van der Waals surface area contributed by atoms with Crippen molar-refractivity contribution in [3.05, 3.63) is 0 Å². The number of unbranched alkanes of at least 4 members (excludes halogenated alkanes) is 2. The highest BCUT2D eigenvalue weighted by atomic mass is 35.5. The minimum absolute atomic E-state index is 0. The van der Waals surface area contributed by atoms with Crippen molar-refractivity contribution in [3.63, 3.8) is 0 Å². The Morgan fingerprint density at radius 3 is 1.53 bits per heavy atom. The van der Waals surface area contributed by atoms with Gasteiger partial charge in [0.1, 0.15) is 0 Å². The third-order valence-corrected chi connectivity index (χ3v) is 5.82. The molecule has 216 valence electrons. The second-order valence-corrected chi connectivity index (χ2v) is 8.51. The smallest absolute Gasteiger partial charge is 0.317 e. The van der Waals surface area contributed by atoms with Crippen molar-refractivity contribution in [1.82, 2.24) is 30.7 Å². The van der Waals surface area contributed by atoms with E-state index in [0.717, 1.165) is 78.3 Å². The predicted octanol–water partition coefficient (Wildman–Crippen LogP) is -6.15. The first-order valence-electron chi connectivity index (χ1n) is 11.8. The number of carbonyl (C=O) groups is 3. The van der Waals surface area contributed by atoms with Crippen LogP contribution in [0.25, 0.3) is 0 Å². The van der Waals surface area contributed by atoms with Gasteiger partial charge in [0.2, 0.25) is 0 Å². The second-order valence-electron chi connectivity index (χ2n) is 7.75. The van der Waals surface area contributed by atoms with E-state index in [-0.39, 0.29) is 50.3 Å². The first-order valence-corrected chi connectivity index (χ1v) is 12.8. The van der Waals surface area contributed by atoms with Gasteiger partial charge >= 0.3 is 18.1 Å². The molecule has 6 amide bonds. The Morgan fingerprint density at radius 2 is 1.14 bits per heavy atom. The van der Waals surface area contributed by atoms with E-state index in [1.807, 2.05) is 9.80 Å². The van der Waals surface area contributed by atoms with E-state index in [1.54, 1.807) is 4.90 Å². The number of nitrogens with two attached hydrogens (primary N) is 2. The summed E-state index contributed by atoms with van der Waals surface area (Å²) in [6.45, 7) is 9.82. The van der Waals surface area contributed by atoms with Crippen LogP contribution in [0.3, 0.4) is 0 Å². The van der Waals surface area contributed by atoms with Crippen LogP contribution in [0.4, 0.5) is 14.4 Å². The molecule has 0 bridgehead atoms. The molecule has 3 aliphatic rings. The predicted molar refractivity (Wildman–Crippen MR) is 138 cm³/mol. The molecule has 0 aliphatic carbocycles. The van der Waals surface area contributed by atoms with Crippen LogP contribution in [0.1, 0.15) is 26.7 Å². The van der Waals surface area contributed by atoms with Gasteiger partial charge in [-0.15, -0.1) is 23.2 Å². The maximum atomic E-state index is 11.3. The van der Waals surface area contributed by atoms with Crippen LogP contribution >= 0.6 is 23.2 Å². The number of hydrogen-bond donors (Lipinski definition) is 5. The molecule has 0 spiro atoms. The number of carbonyl (C=O) groups excluding carboxylic acids is 3. The third kappa shape index (κ3) is 17.4. The molecule has 0 saturated carbocycles. The van der Waals surface area contributed by atoms with Gasteiger partial charge in [0.05, 0.1) is 19.6 Å². The van der Waals surface area contributed by atoms with E-state index in [9.17, 15) is 14.4 Å². The van der Waals surface area contributed by atoms with Crippen LogP contribution in [0.5, 0.6) is 0 Å². The lowest BCUT2D eigenvalue weighted by Crippen LogP contribution is -3.00.